The molecule has 3 aromatic rings. The van der Waals surface area contributed by atoms with Crippen molar-refractivity contribution in [2.24, 2.45) is 0 Å². The van der Waals surface area contributed by atoms with Gasteiger partial charge in [-0.3, -0.25) is 9.89 Å². The number of carbonyl (C=O) groups is 1. The fraction of sp³-hybridized carbons (Fsp3) is 0.238. The van der Waals surface area contributed by atoms with E-state index in [2.05, 4.69) is 20.4 Å². The highest BCUT2D eigenvalue weighted by atomic mass is 35.5. The SMILES string of the molecule is COc1ccc(-c2cc(N3CC[C@@H](NC(=O)c4ccc(F)c(Cl)c4)C3)n[nH]2)cc1. The van der Waals surface area contributed by atoms with E-state index >= 15 is 0 Å². The van der Waals surface area contributed by atoms with Crippen molar-refractivity contribution >= 4 is 23.3 Å². The average Bonchev–Trinajstić information content (AvgIpc) is 3.39. The Morgan fingerprint density at radius 2 is 2.07 bits per heavy atom. The highest BCUT2D eigenvalue weighted by Gasteiger charge is 2.26. The van der Waals surface area contributed by atoms with Gasteiger partial charge in [0.1, 0.15) is 11.6 Å². The predicted octanol–water partition coefficient (Wildman–Crippen LogP) is 3.89. The van der Waals surface area contributed by atoms with Gasteiger partial charge in [-0.15, -0.1) is 0 Å². The fourth-order valence-electron chi connectivity index (χ4n) is 3.38. The summed E-state index contributed by atoms with van der Waals surface area (Å²) in [6.07, 6.45) is 0.797. The molecule has 1 fully saturated rings. The second kappa shape index (κ2) is 8.13. The summed E-state index contributed by atoms with van der Waals surface area (Å²) in [4.78, 5) is 14.5. The van der Waals surface area contributed by atoms with Gasteiger partial charge in [-0.25, -0.2) is 4.39 Å². The molecule has 29 heavy (non-hydrogen) atoms. The van der Waals surface area contributed by atoms with Crippen molar-refractivity contribution in [3.63, 3.8) is 0 Å². The van der Waals surface area contributed by atoms with Crippen LogP contribution in [0.15, 0.2) is 48.5 Å². The highest BCUT2D eigenvalue weighted by molar-refractivity contribution is 6.31. The van der Waals surface area contributed by atoms with Crippen molar-refractivity contribution in [1.82, 2.24) is 15.5 Å². The Morgan fingerprint density at radius 1 is 1.28 bits per heavy atom. The topological polar surface area (TPSA) is 70.2 Å². The minimum atomic E-state index is -0.540. The van der Waals surface area contributed by atoms with Gasteiger partial charge in [0.05, 0.1) is 17.8 Å². The summed E-state index contributed by atoms with van der Waals surface area (Å²) in [5.74, 6) is 0.826. The van der Waals surface area contributed by atoms with E-state index in [4.69, 9.17) is 16.3 Å². The number of hydrogen-bond donors (Lipinski definition) is 2. The van der Waals surface area contributed by atoms with Crippen molar-refractivity contribution in [2.45, 2.75) is 12.5 Å². The minimum Gasteiger partial charge on any atom is -0.497 e. The van der Waals surface area contributed by atoms with Gasteiger partial charge in [0, 0.05) is 30.8 Å². The second-order valence-corrected chi connectivity index (χ2v) is 7.31. The number of benzene rings is 2. The standard InChI is InChI=1S/C21H20ClFN4O2/c1-29-16-5-2-13(3-6-16)19-11-20(26-25-19)27-9-8-15(12-27)24-21(28)14-4-7-18(23)17(22)10-14/h2-7,10-11,15H,8-9,12H2,1H3,(H,24,28)(H,25,26)/t15-/m1/s1. The average molecular weight is 415 g/mol. The summed E-state index contributed by atoms with van der Waals surface area (Å²) in [6.45, 7) is 1.43. The number of anilines is 1. The van der Waals surface area contributed by atoms with Gasteiger partial charge in [-0.1, -0.05) is 11.6 Å². The van der Waals surface area contributed by atoms with E-state index in [1.807, 2.05) is 30.3 Å². The van der Waals surface area contributed by atoms with Crippen LogP contribution < -0.4 is 15.0 Å². The van der Waals surface area contributed by atoms with Crippen molar-refractivity contribution in [3.8, 4) is 17.0 Å². The maximum atomic E-state index is 13.3. The van der Waals surface area contributed by atoms with Crippen molar-refractivity contribution in [1.29, 1.82) is 0 Å². The largest absolute Gasteiger partial charge is 0.497 e. The molecule has 2 aromatic carbocycles. The number of ether oxygens (including phenoxy) is 1. The zero-order chi connectivity index (χ0) is 20.4. The molecule has 150 valence electrons. The molecular formula is C21H20ClFN4O2. The van der Waals surface area contributed by atoms with Crippen LogP contribution in [0, 0.1) is 5.82 Å². The number of methoxy groups -OCH3 is 1. The van der Waals surface area contributed by atoms with Crippen molar-refractivity contribution in [2.75, 3.05) is 25.1 Å². The molecule has 1 aromatic heterocycles. The minimum absolute atomic E-state index is 0.0209. The summed E-state index contributed by atoms with van der Waals surface area (Å²) in [5.41, 5.74) is 2.27. The molecule has 0 radical (unpaired) electrons. The Labute approximate surface area is 172 Å². The number of halogens is 2. The van der Waals surface area contributed by atoms with Crippen LogP contribution in [-0.4, -0.2) is 42.3 Å². The molecule has 6 nitrogen and oxygen atoms in total. The zero-order valence-corrected chi connectivity index (χ0v) is 16.5. The van der Waals surface area contributed by atoms with Crippen LogP contribution in [0.2, 0.25) is 5.02 Å². The zero-order valence-electron chi connectivity index (χ0n) is 15.8. The van der Waals surface area contributed by atoms with Gasteiger partial charge in [-0.05, 0) is 54.4 Å². The monoisotopic (exact) mass is 414 g/mol. The fourth-order valence-corrected chi connectivity index (χ4v) is 3.56. The van der Waals surface area contributed by atoms with E-state index in [0.717, 1.165) is 35.8 Å². The molecule has 0 unspecified atom stereocenters. The summed E-state index contributed by atoms with van der Waals surface area (Å²) in [7, 11) is 1.64. The molecule has 1 saturated heterocycles. The molecule has 0 saturated carbocycles. The highest BCUT2D eigenvalue weighted by Crippen LogP contribution is 2.26. The summed E-state index contributed by atoms with van der Waals surface area (Å²) in [6, 6.07) is 13.7. The molecule has 1 amide bonds. The third kappa shape index (κ3) is 4.19. The first kappa shape index (κ1) is 19.3. The Bertz CT molecular complexity index is 1020. The van der Waals surface area contributed by atoms with Crippen molar-refractivity contribution in [3.05, 3.63) is 64.9 Å². The van der Waals surface area contributed by atoms with E-state index in [1.54, 1.807) is 7.11 Å². The van der Waals surface area contributed by atoms with Gasteiger partial charge in [0.25, 0.3) is 5.91 Å². The summed E-state index contributed by atoms with van der Waals surface area (Å²) in [5, 5.41) is 10.4. The Balaban J connectivity index is 1.39. The van der Waals surface area contributed by atoms with Crippen molar-refractivity contribution < 1.29 is 13.9 Å². The lowest BCUT2D eigenvalue weighted by molar-refractivity contribution is 0.0940. The van der Waals surface area contributed by atoms with E-state index in [-0.39, 0.29) is 17.0 Å². The summed E-state index contributed by atoms with van der Waals surface area (Å²) >= 11 is 5.77. The van der Waals surface area contributed by atoms with Gasteiger partial charge in [-0.2, -0.15) is 5.10 Å². The van der Waals surface area contributed by atoms with Gasteiger partial charge in [0.2, 0.25) is 0 Å². The number of aromatic nitrogens is 2. The number of hydrogen-bond acceptors (Lipinski definition) is 4. The quantitative estimate of drug-likeness (QED) is 0.664. The molecule has 1 aliphatic rings. The smallest absolute Gasteiger partial charge is 0.251 e. The first-order chi connectivity index (χ1) is 14.0. The van der Waals surface area contributed by atoms with Crippen LogP contribution in [-0.2, 0) is 0 Å². The van der Waals surface area contributed by atoms with E-state index < -0.39 is 5.82 Å². The lowest BCUT2D eigenvalue weighted by atomic mass is 10.1. The molecular weight excluding hydrogens is 395 g/mol. The maximum absolute atomic E-state index is 13.3. The number of nitrogens with one attached hydrogen (secondary N) is 2. The first-order valence-corrected chi connectivity index (χ1v) is 9.62. The van der Waals surface area contributed by atoms with Crippen LogP contribution in [0.1, 0.15) is 16.8 Å². The molecule has 4 rings (SSSR count). The molecule has 0 spiro atoms. The molecule has 0 bridgehead atoms. The van der Waals surface area contributed by atoms with Crippen LogP contribution in [0.25, 0.3) is 11.3 Å². The number of nitrogens with zero attached hydrogens (tertiary/aromatic N) is 2. The third-order valence-electron chi connectivity index (χ3n) is 4.99. The summed E-state index contributed by atoms with van der Waals surface area (Å²) < 4.78 is 18.5. The Morgan fingerprint density at radius 3 is 2.79 bits per heavy atom. The second-order valence-electron chi connectivity index (χ2n) is 6.90. The third-order valence-corrected chi connectivity index (χ3v) is 5.28. The number of carbonyl (C=O) groups excluding carboxylic acids is 1. The van der Waals surface area contributed by atoms with E-state index in [9.17, 15) is 9.18 Å². The van der Waals surface area contributed by atoms with Crippen LogP contribution in [0.3, 0.4) is 0 Å². The molecule has 1 aliphatic heterocycles. The molecule has 1 atom stereocenters. The first-order valence-electron chi connectivity index (χ1n) is 9.24. The number of aromatic amines is 1. The lowest BCUT2D eigenvalue weighted by Gasteiger charge is -2.16. The van der Waals surface area contributed by atoms with E-state index in [0.29, 0.717) is 12.1 Å². The van der Waals surface area contributed by atoms with Gasteiger partial charge in [0.15, 0.2) is 5.82 Å². The molecule has 2 heterocycles. The number of H-pyrrole nitrogens is 1. The Kier molecular flexibility index (Phi) is 5.40. The number of rotatable bonds is 5. The number of amides is 1. The van der Waals surface area contributed by atoms with Gasteiger partial charge >= 0.3 is 0 Å². The lowest BCUT2D eigenvalue weighted by Crippen LogP contribution is -2.37. The van der Waals surface area contributed by atoms with E-state index in [1.165, 1.54) is 18.2 Å². The molecule has 0 aliphatic carbocycles. The molecule has 2 N–H and O–H groups in total. The predicted molar refractivity (Wildman–Crippen MR) is 110 cm³/mol. The Hall–Kier alpha value is -3.06. The maximum Gasteiger partial charge on any atom is 0.251 e. The van der Waals surface area contributed by atoms with Gasteiger partial charge < -0.3 is 15.0 Å². The van der Waals surface area contributed by atoms with Crippen LogP contribution >= 0.6 is 11.6 Å². The van der Waals surface area contributed by atoms with Crippen LogP contribution in [0.4, 0.5) is 10.2 Å². The normalized spacial score (nSPS) is 16.1. The molecule has 8 heteroatoms. The van der Waals surface area contributed by atoms with Crippen LogP contribution in [0.5, 0.6) is 5.75 Å².